The summed E-state index contributed by atoms with van der Waals surface area (Å²) in [6, 6.07) is 1.79. The van der Waals surface area contributed by atoms with Gasteiger partial charge in [-0.1, -0.05) is 12.2 Å². The van der Waals surface area contributed by atoms with E-state index in [1.54, 1.807) is 35.6 Å². The van der Waals surface area contributed by atoms with E-state index in [1.165, 1.54) is 11.0 Å². The van der Waals surface area contributed by atoms with Gasteiger partial charge in [-0.3, -0.25) is 14.5 Å². The number of nitrogens with zero attached hydrogens (tertiary/aromatic N) is 6. The maximum Gasteiger partial charge on any atom is 0.296 e. The Morgan fingerprint density at radius 3 is 2.73 bits per heavy atom. The number of nitrogens with one attached hydrogen (secondary N) is 1. The van der Waals surface area contributed by atoms with Gasteiger partial charge in [0.05, 0.1) is 6.33 Å². The third-order valence-electron chi connectivity index (χ3n) is 3.54. The Balaban J connectivity index is 1.73. The Morgan fingerprint density at radius 2 is 1.95 bits per heavy atom. The Hall–Kier alpha value is -3.16. The molecular weight excluding hydrogens is 282 g/mol. The maximum atomic E-state index is 12.5. The van der Waals surface area contributed by atoms with E-state index in [4.69, 9.17) is 0 Å². The predicted octanol–water partition coefficient (Wildman–Crippen LogP) is 0.517. The van der Waals surface area contributed by atoms with Crippen molar-refractivity contribution < 1.29 is 0 Å². The first-order chi connectivity index (χ1) is 10.8. The monoisotopic (exact) mass is 295 g/mol. The number of aromatic amines is 1. The van der Waals surface area contributed by atoms with Gasteiger partial charge in [0.25, 0.3) is 5.56 Å². The highest BCUT2D eigenvalue weighted by Gasteiger charge is 2.14. The zero-order valence-corrected chi connectivity index (χ0v) is 11.6. The molecule has 1 aliphatic heterocycles. The second kappa shape index (κ2) is 4.99. The average molecular weight is 295 g/mol. The van der Waals surface area contributed by atoms with Crippen LogP contribution in [-0.2, 0) is 0 Å². The van der Waals surface area contributed by atoms with Gasteiger partial charge in [0.1, 0.15) is 17.8 Å². The normalized spacial score (nSPS) is 13.9. The van der Waals surface area contributed by atoms with Crippen LogP contribution in [0, 0.1) is 0 Å². The van der Waals surface area contributed by atoms with Gasteiger partial charge in [0, 0.05) is 37.7 Å². The summed E-state index contributed by atoms with van der Waals surface area (Å²) in [4.78, 5) is 27.0. The van der Waals surface area contributed by atoms with E-state index in [9.17, 15) is 4.79 Å². The van der Waals surface area contributed by atoms with Crippen molar-refractivity contribution in [1.82, 2.24) is 29.3 Å². The molecule has 4 rings (SSSR count). The Bertz CT molecular complexity index is 867. The van der Waals surface area contributed by atoms with Crippen molar-refractivity contribution in [2.45, 2.75) is 0 Å². The molecule has 1 aliphatic rings. The van der Waals surface area contributed by atoms with Crippen molar-refractivity contribution >= 4 is 5.82 Å². The number of rotatable bonds is 3. The van der Waals surface area contributed by atoms with Crippen molar-refractivity contribution in [3.8, 4) is 11.5 Å². The molecule has 0 aromatic carbocycles. The molecule has 0 aliphatic carbocycles. The molecule has 0 radical (unpaired) electrons. The summed E-state index contributed by atoms with van der Waals surface area (Å²) < 4.78 is 3.05. The molecule has 3 aromatic rings. The summed E-state index contributed by atoms with van der Waals surface area (Å²) >= 11 is 0. The fourth-order valence-corrected chi connectivity index (χ4v) is 2.41. The quantitative estimate of drug-likeness (QED) is 0.712. The van der Waals surface area contributed by atoms with Crippen molar-refractivity contribution in [2.75, 3.05) is 18.0 Å². The van der Waals surface area contributed by atoms with Crippen LogP contribution in [0.1, 0.15) is 0 Å². The highest BCUT2D eigenvalue weighted by atomic mass is 16.1. The van der Waals surface area contributed by atoms with Crippen molar-refractivity contribution in [2.24, 2.45) is 0 Å². The van der Waals surface area contributed by atoms with Crippen LogP contribution in [0.2, 0.25) is 0 Å². The van der Waals surface area contributed by atoms with E-state index in [-0.39, 0.29) is 5.56 Å². The van der Waals surface area contributed by atoms with Crippen molar-refractivity contribution in [3.05, 3.63) is 59.8 Å². The van der Waals surface area contributed by atoms with E-state index < -0.39 is 0 Å². The van der Waals surface area contributed by atoms with E-state index in [2.05, 4.69) is 37.1 Å². The third-order valence-corrected chi connectivity index (χ3v) is 3.54. The van der Waals surface area contributed by atoms with E-state index >= 15 is 0 Å². The summed E-state index contributed by atoms with van der Waals surface area (Å²) in [7, 11) is 0. The molecule has 0 saturated heterocycles. The number of hydrogen-bond acceptors (Lipinski definition) is 5. The summed E-state index contributed by atoms with van der Waals surface area (Å²) in [5, 5.41) is 2.93. The van der Waals surface area contributed by atoms with Crippen LogP contribution >= 0.6 is 0 Å². The molecule has 8 heteroatoms. The van der Waals surface area contributed by atoms with Crippen LogP contribution < -0.4 is 10.5 Å². The number of imidazole rings is 1. The first-order valence-corrected chi connectivity index (χ1v) is 6.84. The van der Waals surface area contributed by atoms with Crippen LogP contribution in [0.25, 0.3) is 11.5 Å². The first kappa shape index (κ1) is 12.6. The molecule has 110 valence electrons. The van der Waals surface area contributed by atoms with Gasteiger partial charge in [-0.15, -0.1) is 0 Å². The fraction of sp³-hybridized carbons (Fsp3) is 0.143. The molecule has 0 atom stereocenters. The summed E-state index contributed by atoms with van der Waals surface area (Å²) in [5.74, 6) is 1.30. The van der Waals surface area contributed by atoms with Gasteiger partial charge >= 0.3 is 0 Å². The average Bonchev–Trinajstić information content (AvgIpc) is 3.29. The molecule has 1 N–H and O–H groups in total. The molecular formula is C14H13N7O. The Labute approximate surface area is 125 Å². The molecule has 0 saturated carbocycles. The van der Waals surface area contributed by atoms with Crippen molar-refractivity contribution in [3.63, 3.8) is 0 Å². The van der Waals surface area contributed by atoms with Gasteiger partial charge in [0.2, 0.25) is 0 Å². The maximum absolute atomic E-state index is 12.5. The first-order valence-electron chi connectivity index (χ1n) is 6.84. The van der Waals surface area contributed by atoms with Gasteiger partial charge in [-0.2, -0.15) is 4.68 Å². The summed E-state index contributed by atoms with van der Waals surface area (Å²) in [6.07, 6.45) is 12.2. The number of aromatic nitrogens is 6. The Kier molecular flexibility index (Phi) is 2.85. The fourth-order valence-electron chi connectivity index (χ4n) is 2.41. The number of hydrogen-bond donors (Lipinski definition) is 1. The van der Waals surface area contributed by atoms with Crippen LogP contribution in [0.3, 0.4) is 0 Å². The van der Waals surface area contributed by atoms with Crippen LogP contribution in [0.4, 0.5) is 5.82 Å². The lowest BCUT2D eigenvalue weighted by atomic mass is 10.4. The molecule has 0 spiro atoms. The van der Waals surface area contributed by atoms with Crippen molar-refractivity contribution in [1.29, 1.82) is 0 Å². The van der Waals surface area contributed by atoms with Gasteiger partial charge in [-0.05, 0) is 0 Å². The van der Waals surface area contributed by atoms with Crippen LogP contribution in [0.15, 0.2) is 54.3 Å². The largest absolute Gasteiger partial charge is 0.349 e. The summed E-state index contributed by atoms with van der Waals surface area (Å²) in [5.41, 5.74) is 0.294. The van der Waals surface area contributed by atoms with Crippen LogP contribution in [0.5, 0.6) is 0 Å². The molecule has 4 heterocycles. The molecule has 0 fully saturated rings. The lowest BCUT2D eigenvalue weighted by Crippen LogP contribution is -2.22. The zero-order chi connectivity index (χ0) is 14.9. The van der Waals surface area contributed by atoms with E-state index in [1.807, 2.05) is 0 Å². The van der Waals surface area contributed by atoms with Gasteiger partial charge in [-0.25, -0.2) is 15.0 Å². The molecule has 22 heavy (non-hydrogen) atoms. The molecule has 8 nitrogen and oxygen atoms in total. The van der Waals surface area contributed by atoms with Crippen LogP contribution in [-0.4, -0.2) is 42.4 Å². The minimum Gasteiger partial charge on any atom is -0.349 e. The predicted molar refractivity (Wildman–Crippen MR) is 80.5 cm³/mol. The summed E-state index contributed by atoms with van der Waals surface area (Å²) in [6.45, 7) is 1.63. The van der Waals surface area contributed by atoms with Gasteiger partial charge < -0.3 is 4.90 Å². The lowest BCUT2D eigenvalue weighted by molar-refractivity contribution is 0.806. The minimum absolute atomic E-state index is 0.192. The topological polar surface area (TPSA) is 84.6 Å². The lowest BCUT2D eigenvalue weighted by Gasteiger charge is -2.16. The van der Waals surface area contributed by atoms with Gasteiger partial charge in [0.15, 0.2) is 5.82 Å². The zero-order valence-electron chi connectivity index (χ0n) is 11.6. The SMILES string of the molecule is O=c1c(-n2ccnc2)c[nH]n1-c1cc(N2CC=CC2)ncn1. The highest BCUT2D eigenvalue weighted by Crippen LogP contribution is 2.15. The highest BCUT2D eigenvalue weighted by molar-refractivity contribution is 5.46. The number of anilines is 1. The minimum atomic E-state index is -0.192. The second-order valence-corrected chi connectivity index (χ2v) is 4.88. The standard InChI is InChI=1S/C14H13N7O/c22-14-11(20-6-3-15-10-20)8-18-21(14)13-7-12(16-9-17-13)19-4-1-2-5-19/h1-3,6-10,18H,4-5H2. The smallest absolute Gasteiger partial charge is 0.296 e. The second-order valence-electron chi connectivity index (χ2n) is 4.88. The molecule has 0 amide bonds. The molecule has 3 aromatic heterocycles. The van der Waals surface area contributed by atoms with E-state index in [0.29, 0.717) is 11.5 Å². The third kappa shape index (κ3) is 2.01. The molecule has 0 bridgehead atoms. The molecule has 0 unspecified atom stereocenters. The Morgan fingerprint density at radius 1 is 1.14 bits per heavy atom. The van der Waals surface area contributed by atoms with E-state index in [0.717, 1.165) is 18.9 Å². The number of H-pyrrole nitrogens is 1.